The number of anilines is 1. The van der Waals surface area contributed by atoms with Crippen LogP contribution in [0.3, 0.4) is 0 Å². The number of carbonyl (C=O) groups is 2. The standard InChI is InChI=1S/C21H23N5O4/c1-29-15-20(27)25-17-12-24-26(14-17)18-7-5-16(6-8-18)21(28)23-10-3-11-30-19-4-2-9-22-13-19/h2,4-9,12-14H,3,10-11,15H2,1H3,(H,23,28)(H,25,27). The Labute approximate surface area is 174 Å². The van der Waals surface area contributed by atoms with Crippen molar-refractivity contribution in [1.82, 2.24) is 20.1 Å². The Morgan fingerprint density at radius 3 is 2.70 bits per heavy atom. The van der Waals surface area contributed by atoms with E-state index in [0.717, 1.165) is 5.69 Å². The van der Waals surface area contributed by atoms with Gasteiger partial charge in [0.1, 0.15) is 12.4 Å². The lowest BCUT2D eigenvalue weighted by atomic mass is 10.2. The van der Waals surface area contributed by atoms with E-state index in [0.29, 0.717) is 36.6 Å². The summed E-state index contributed by atoms with van der Waals surface area (Å²) in [6, 6.07) is 10.7. The van der Waals surface area contributed by atoms with Crippen LogP contribution in [0.1, 0.15) is 16.8 Å². The molecule has 156 valence electrons. The molecule has 3 rings (SSSR count). The summed E-state index contributed by atoms with van der Waals surface area (Å²) in [6.45, 7) is 0.975. The summed E-state index contributed by atoms with van der Waals surface area (Å²) in [5.41, 5.74) is 1.88. The van der Waals surface area contributed by atoms with Crippen LogP contribution in [0.15, 0.2) is 61.2 Å². The molecule has 0 aliphatic carbocycles. The third-order valence-corrected chi connectivity index (χ3v) is 4.05. The van der Waals surface area contributed by atoms with Gasteiger partial charge >= 0.3 is 0 Å². The maximum atomic E-state index is 12.3. The average Bonchev–Trinajstić information content (AvgIpc) is 3.22. The Morgan fingerprint density at radius 2 is 1.97 bits per heavy atom. The summed E-state index contributed by atoms with van der Waals surface area (Å²) >= 11 is 0. The van der Waals surface area contributed by atoms with Gasteiger partial charge in [-0.3, -0.25) is 14.6 Å². The molecular formula is C21H23N5O4. The van der Waals surface area contributed by atoms with Crippen LogP contribution in [0.4, 0.5) is 5.69 Å². The molecular weight excluding hydrogens is 386 g/mol. The SMILES string of the molecule is COCC(=O)Nc1cnn(-c2ccc(C(=O)NCCCOc3cccnc3)cc2)c1. The molecule has 2 N–H and O–H groups in total. The predicted molar refractivity (Wildman–Crippen MR) is 111 cm³/mol. The molecule has 1 aromatic carbocycles. The lowest BCUT2D eigenvalue weighted by molar-refractivity contribution is -0.119. The van der Waals surface area contributed by atoms with Crippen LogP contribution in [0.2, 0.25) is 0 Å². The lowest BCUT2D eigenvalue weighted by Crippen LogP contribution is -2.25. The van der Waals surface area contributed by atoms with Gasteiger partial charge in [0.15, 0.2) is 0 Å². The summed E-state index contributed by atoms with van der Waals surface area (Å²) in [5, 5.41) is 9.76. The molecule has 2 amide bonds. The highest BCUT2D eigenvalue weighted by Gasteiger charge is 2.08. The Bertz CT molecular complexity index is 957. The largest absolute Gasteiger partial charge is 0.492 e. The van der Waals surface area contributed by atoms with E-state index < -0.39 is 0 Å². The molecule has 0 bridgehead atoms. The van der Waals surface area contributed by atoms with Gasteiger partial charge in [-0.2, -0.15) is 5.10 Å². The van der Waals surface area contributed by atoms with E-state index >= 15 is 0 Å². The zero-order valence-electron chi connectivity index (χ0n) is 16.6. The molecule has 0 radical (unpaired) electrons. The van der Waals surface area contributed by atoms with Gasteiger partial charge in [0, 0.05) is 25.4 Å². The zero-order chi connectivity index (χ0) is 21.2. The van der Waals surface area contributed by atoms with Crippen molar-refractivity contribution in [1.29, 1.82) is 0 Å². The number of benzene rings is 1. The van der Waals surface area contributed by atoms with Crippen LogP contribution in [-0.4, -0.2) is 53.4 Å². The number of pyridine rings is 1. The molecule has 0 aliphatic heterocycles. The van der Waals surface area contributed by atoms with Crippen LogP contribution < -0.4 is 15.4 Å². The molecule has 9 heteroatoms. The monoisotopic (exact) mass is 409 g/mol. The molecule has 0 saturated carbocycles. The van der Waals surface area contributed by atoms with Crippen molar-refractivity contribution >= 4 is 17.5 Å². The summed E-state index contributed by atoms with van der Waals surface area (Å²) < 4.78 is 11.9. The predicted octanol–water partition coefficient (Wildman–Crippen LogP) is 2.05. The second-order valence-corrected chi connectivity index (χ2v) is 6.35. The molecule has 0 atom stereocenters. The fourth-order valence-corrected chi connectivity index (χ4v) is 2.62. The normalized spacial score (nSPS) is 10.4. The Morgan fingerprint density at radius 1 is 1.13 bits per heavy atom. The first-order chi connectivity index (χ1) is 14.7. The Kier molecular flexibility index (Phi) is 7.51. The molecule has 0 fully saturated rings. The van der Waals surface area contributed by atoms with E-state index in [1.54, 1.807) is 53.7 Å². The van der Waals surface area contributed by atoms with E-state index in [-0.39, 0.29) is 18.4 Å². The highest BCUT2D eigenvalue weighted by atomic mass is 16.5. The minimum atomic E-state index is -0.255. The van der Waals surface area contributed by atoms with Gasteiger partial charge in [-0.25, -0.2) is 4.68 Å². The van der Waals surface area contributed by atoms with Crippen LogP contribution in [-0.2, 0) is 9.53 Å². The molecule has 3 aromatic rings. The molecule has 0 unspecified atom stereocenters. The molecule has 2 heterocycles. The molecule has 0 aliphatic rings. The number of amides is 2. The second-order valence-electron chi connectivity index (χ2n) is 6.35. The van der Waals surface area contributed by atoms with Crippen molar-refractivity contribution in [2.24, 2.45) is 0 Å². The average molecular weight is 409 g/mol. The summed E-state index contributed by atoms with van der Waals surface area (Å²) in [7, 11) is 1.46. The third-order valence-electron chi connectivity index (χ3n) is 4.05. The number of nitrogens with zero attached hydrogens (tertiary/aromatic N) is 3. The van der Waals surface area contributed by atoms with Crippen molar-refractivity contribution in [2.75, 3.05) is 32.2 Å². The first kappa shape index (κ1) is 21.0. The van der Waals surface area contributed by atoms with E-state index in [1.807, 2.05) is 12.1 Å². The van der Waals surface area contributed by atoms with Crippen LogP contribution in [0, 0.1) is 0 Å². The minimum Gasteiger partial charge on any atom is -0.492 e. The summed E-state index contributed by atoms with van der Waals surface area (Å²) in [5.74, 6) is 0.297. The van der Waals surface area contributed by atoms with Gasteiger partial charge in [0.05, 0.1) is 36.6 Å². The second kappa shape index (κ2) is 10.7. The number of ether oxygens (including phenoxy) is 2. The maximum Gasteiger partial charge on any atom is 0.251 e. The molecule has 0 saturated heterocycles. The van der Waals surface area contributed by atoms with E-state index in [2.05, 4.69) is 20.7 Å². The van der Waals surface area contributed by atoms with E-state index in [1.165, 1.54) is 7.11 Å². The molecule has 0 spiro atoms. The topological polar surface area (TPSA) is 107 Å². The molecule has 30 heavy (non-hydrogen) atoms. The summed E-state index contributed by atoms with van der Waals surface area (Å²) in [6.07, 6.45) is 7.25. The van der Waals surface area contributed by atoms with Crippen molar-refractivity contribution in [2.45, 2.75) is 6.42 Å². The molecule has 9 nitrogen and oxygen atoms in total. The third kappa shape index (κ3) is 6.14. The van der Waals surface area contributed by atoms with Crippen molar-refractivity contribution in [3.05, 3.63) is 66.7 Å². The van der Waals surface area contributed by atoms with Crippen molar-refractivity contribution in [3.63, 3.8) is 0 Å². The number of nitrogens with one attached hydrogen (secondary N) is 2. The number of rotatable bonds is 10. The number of hydrogen-bond acceptors (Lipinski definition) is 6. The Hall–Kier alpha value is -3.72. The van der Waals surface area contributed by atoms with Crippen molar-refractivity contribution < 1.29 is 19.1 Å². The van der Waals surface area contributed by atoms with E-state index in [4.69, 9.17) is 9.47 Å². The summed E-state index contributed by atoms with van der Waals surface area (Å²) in [4.78, 5) is 27.8. The van der Waals surface area contributed by atoms with Crippen molar-refractivity contribution in [3.8, 4) is 11.4 Å². The quantitative estimate of drug-likeness (QED) is 0.496. The van der Waals surface area contributed by atoms with Gasteiger partial charge < -0.3 is 20.1 Å². The van der Waals surface area contributed by atoms with Crippen LogP contribution >= 0.6 is 0 Å². The lowest BCUT2D eigenvalue weighted by Gasteiger charge is -2.08. The Balaban J connectivity index is 1.45. The number of hydrogen-bond donors (Lipinski definition) is 2. The fourth-order valence-electron chi connectivity index (χ4n) is 2.62. The first-order valence-electron chi connectivity index (χ1n) is 9.40. The van der Waals surface area contributed by atoms with Gasteiger partial charge in [-0.1, -0.05) is 0 Å². The van der Waals surface area contributed by atoms with Crippen LogP contribution in [0.5, 0.6) is 5.75 Å². The van der Waals surface area contributed by atoms with Gasteiger partial charge in [-0.15, -0.1) is 0 Å². The fraction of sp³-hybridized carbons (Fsp3) is 0.238. The maximum absolute atomic E-state index is 12.3. The smallest absolute Gasteiger partial charge is 0.251 e. The number of carbonyl (C=O) groups excluding carboxylic acids is 2. The van der Waals surface area contributed by atoms with Crippen LogP contribution in [0.25, 0.3) is 5.69 Å². The van der Waals surface area contributed by atoms with E-state index in [9.17, 15) is 9.59 Å². The minimum absolute atomic E-state index is 0.0232. The first-order valence-corrected chi connectivity index (χ1v) is 9.40. The number of aromatic nitrogens is 3. The number of methoxy groups -OCH3 is 1. The highest BCUT2D eigenvalue weighted by molar-refractivity contribution is 5.94. The van der Waals surface area contributed by atoms with Gasteiger partial charge in [0.25, 0.3) is 5.91 Å². The zero-order valence-corrected chi connectivity index (χ0v) is 16.6. The molecule has 2 aromatic heterocycles. The van der Waals surface area contributed by atoms with Gasteiger partial charge in [0.2, 0.25) is 5.91 Å². The highest BCUT2D eigenvalue weighted by Crippen LogP contribution is 2.13. The van der Waals surface area contributed by atoms with Gasteiger partial charge in [-0.05, 0) is 42.8 Å².